The summed E-state index contributed by atoms with van der Waals surface area (Å²) < 4.78 is 0. The standard InChI is InChI=1S/C20H40Cl2N2/c1-5-9-13-23-17-15-19(11-7-3,12-8-4)16-20(22,18(17)21)24-14-10-6-2/h17-18,23-24H,5-16H2,1-4H3. The first kappa shape index (κ1) is 22.5. The van der Waals surface area contributed by atoms with Gasteiger partial charge in [0.1, 0.15) is 5.00 Å². The highest BCUT2D eigenvalue weighted by Crippen LogP contribution is 2.51. The van der Waals surface area contributed by atoms with Crippen LogP contribution in [0.3, 0.4) is 0 Å². The Balaban J connectivity index is 2.93. The van der Waals surface area contributed by atoms with Gasteiger partial charge in [0, 0.05) is 6.04 Å². The molecule has 2 N–H and O–H groups in total. The fourth-order valence-corrected chi connectivity index (χ4v) is 5.31. The molecule has 4 heteroatoms. The van der Waals surface area contributed by atoms with Gasteiger partial charge in [-0.05, 0) is 57.0 Å². The van der Waals surface area contributed by atoms with Crippen LogP contribution in [0.15, 0.2) is 0 Å². The van der Waals surface area contributed by atoms with E-state index in [2.05, 4.69) is 38.3 Å². The summed E-state index contributed by atoms with van der Waals surface area (Å²) in [7, 11) is 0. The molecule has 0 bridgehead atoms. The highest BCUT2D eigenvalue weighted by Gasteiger charge is 2.52. The molecule has 0 saturated heterocycles. The van der Waals surface area contributed by atoms with Crippen molar-refractivity contribution in [1.82, 2.24) is 10.6 Å². The number of halogens is 2. The van der Waals surface area contributed by atoms with Gasteiger partial charge in [-0.25, -0.2) is 0 Å². The van der Waals surface area contributed by atoms with Crippen LogP contribution >= 0.6 is 23.2 Å². The van der Waals surface area contributed by atoms with Crippen LogP contribution < -0.4 is 10.6 Å². The van der Waals surface area contributed by atoms with Crippen molar-refractivity contribution in [3.8, 4) is 0 Å². The third kappa shape index (κ3) is 6.34. The molecule has 24 heavy (non-hydrogen) atoms. The third-order valence-electron chi connectivity index (χ3n) is 5.52. The van der Waals surface area contributed by atoms with Gasteiger partial charge in [-0.1, -0.05) is 53.4 Å². The van der Waals surface area contributed by atoms with Gasteiger partial charge in [-0.2, -0.15) is 0 Å². The van der Waals surface area contributed by atoms with E-state index < -0.39 is 5.00 Å². The van der Waals surface area contributed by atoms with E-state index in [4.69, 9.17) is 23.2 Å². The van der Waals surface area contributed by atoms with Gasteiger partial charge in [-0.15, -0.1) is 23.2 Å². The van der Waals surface area contributed by atoms with E-state index in [1.165, 1.54) is 44.9 Å². The Kier molecular flexibility index (Phi) is 10.6. The fourth-order valence-electron chi connectivity index (χ4n) is 4.44. The molecule has 3 unspecified atom stereocenters. The Bertz CT molecular complexity index is 332. The number of hydrogen-bond donors (Lipinski definition) is 2. The summed E-state index contributed by atoms with van der Waals surface area (Å²) in [5.41, 5.74) is 0.319. The van der Waals surface area contributed by atoms with E-state index in [0.717, 1.165) is 32.4 Å². The molecule has 3 atom stereocenters. The van der Waals surface area contributed by atoms with Crippen molar-refractivity contribution in [2.45, 2.75) is 108 Å². The molecule has 0 radical (unpaired) electrons. The molecule has 0 aromatic rings. The summed E-state index contributed by atoms with van der Waals surface area (Å²) in [5, 5.41) is 7.31. The van der Waals surface area contributed by atoms with E-state index in [9.17, 15) is 0 Å². The lowest BCUT2D eigenvalue weighted by Gasteiger charge is -2.52. The number of unbranched alkanes of at least 4 members (excludes halogenated alkanes) is 2. The maximum Gasteiger partial charge on any atom is 0.112 e. The molecule has 0 amide bonds. The van der Waals surface area contributed by atoms with Gasteiger partial charge >= 0.3 is 0 Å². The summed E-state index contributed by atoms with van der Waals surface area (Å²) in [6.07, 6.45) is 11.8. The Morgan fingerprint density at radius 3 is 2.04 bits per heavy atom. The second-order valence-electron chi connectivity index (χ2n) is 7.84. The highest BCUT2D eigenvalue weighted by atomic mass is 35.5. The normalized spacial score (nSPS) is 29.8. The summed E-state index contributed by atoms with van der Waals surface area (Å²) in [5.74, 6) is 0. The average molecular weight is 379 g/mol. The molecule has 0 spiro atoms. The third-order valence-corrected chi connectivity index (χ3v) is 6.81. The molecular formula is C20H40Cl2N2. The molecule has 2 nitrogen and oxygen atoms in total. The molecule has 0 aromatic heterocycles. The highest BCUT2D eigenvalue weighted by molar-refractivity contribution is 6.32. The monoisotopic (exact) mass is 378 g/mol. The van der Waals surface area contributed by atoms with Crippen molar-refractivity contribution in [2.75, 3.05) is 13.1 Å². The van der Waals surface area contributed by atoms with Crippen LogP contribution in [0.25, 0.3) is 0 Å². The first-order valence-electron chi connectivity index (χ1n) is 10.3. The van der Waals surface area contributed by atoms with Gasteiger partial charge in [-0.3, -0.25) is 5.32 Å². The molecule has 144 valence electrons. The van der Waals surface area contributed by atoms with Crippen molar-refractivity contribution in [3.63, 3.8) is 0 Å². The minimum atomic E-state index is -0.483. The first-order valence-corrected chi connectivity index (χ1v) is 11.1. The summed E-state index contributed by atoms with van der Waals surface area (Å²) in [4.78, 5) is -0.483. The smallest absolute Gasteiger partial charge is 0.112 e. The zero-order valence-corrected chi connectivity index (χ0v) is 17.9. The fraction of sp³-hybridized carbons (Fsp3) is 1.00. The van der Waals surface area contributed by atoms with Gasteiger partial charge in [0.2, 0.25) is 0 Å². The Hall–Kier alpha value is 0.500. The predicted octanol–water partition coefficient (Wildman–Crippen LogP) is 6.06. The van der Waals surface area contributed by atoms with Crippen molar-refractivity contribution in [1.29, 1.82) is 0 Å². The van der Waals surface area contributed by atoms with Crippen LogP contribution in [-0.2, 0) is 0 Å². The lowest BCUT2D eigenvalue weighted by atomic mass is 9.65. The predicted molar refractivity (Wildman–Crippen MR) is 109 cm³/mol. The minimum Gasteiger partial charge on any atom is -0.312 e. The number of rotatable bonds is 12. The van der Waals surface area contributed by atoms with Gasteiger partial charge in [0.15, 0.2) is 0 Å². The maximum atomic E-state index is 7.14. The van der Waals surface area contributed by atoms with Crippen molar-refractivity contribution >= 4 is 23.2 Å². The van der Waals surface area contributed by atoms with Crippen LogP contribution in [0.5, 0.6) is 0 Å². The zero-order chi connectivity index (χ0) is 18.1. The first-order chi connectivity index (χ1) is 11.5. The van der Waals surface area contributed by atoms with Crippen LogP contribution in [0.4, 0.5) is 0 Å². The minimum absolute atomic E-state index is 0.0604. The van der Waals surface area contributed by atoms with E-state index in [-0.39, 0.29) is 5.38 Å². The Labute approximate surface area is 160 Å². The van der Waals surface area contributed by atoms with Crippen LogP contribution in [0.2, 0.25) is 0 Å². The number of hydrogen-bond acceptors (Lipinski definition) is 2. The summed E-state index contributed by atoms with van der Waals surface area (Å²) in [6, 6.07) is 0.302. The molecule has 0 aromatic carbocycles. The van der Waals surface area contributed by atoms with Gasteiger partial charge in [0.25, 0.3) is 0 Å². The molecule has 1 fully saturated rings. The van der Waals surface area contributed by atoms with Crippen LogP contribution in [0, 0.1) is 5.41 Å². The zero-order valence-electron chi connectivity index (χ0n) is 16.4. The van der Waals surface area contributed by atoms with Gasteiger partial charge in [0.05, 0.1) is 5.38 Å². The SMILES string of the molecule is CCCCNC1CC(CCC)(CCC)CC(Cl)(NCCCC)C1Cl. The molecule has 0 heterocycles. The second kappa shape index (κ2) is 11.3. The summed E-state index contributed by atoms with van der Waals surface area (Å²) in [6.45, 7) is 11.0. The molecule has 1 saturated carbocycles. The number of alkyl halides is 2. The Morgan fingerprint density at radius 1 is 0.917 bits per heavy atom. The van der Waals surface area contributed by atoms with Crippen molar-refractivity contribution in [3.05, 3.63) is 0 Å². The maximum absolute atomic E-state index is 7.14. The van der Waals surface area contributed by atoms with Crippen molar-refractivity contribution in [2.24, 2.45) is 5.41 Å². The average Bonchev–Trinajstić information content (AvgIpc) is 2.53. The summed E-state index contributed by atoms with van der Waals surface area (Å²) >= 11 is 14.1. The lowest BCUT2D eigenvalue weighted by Crippen LogP contribution is -2.63. The lowest BCUT2D eigenvalue weighted by molar-refractivity contribution is 0.0868. The van der Waals surface area contributed by atoms with E-state index >= 15 is 0 Å². The largest absolute Gasteiger partial charge is 0.312 e. The molecule has 1 aliphatic rings. The Morgan fingerprint density at radius 2 is 1.50 bits per heavy atom. The second-order valence-corrected chi connectivity index (χ2v) is 8.98. The quantitative estimate of drug-likeness (QED) is 0.245. The van der Waals surface area contributed by atoms with E-state index in [1.54, 1.807) is 0 Å². The molecular weight excluding hydrogens is 339 g/mol. The molecule has 1 rings (SSSR count). The van der Waals surface area contributed by atoms with Gasteiger partial charge < -0.3 is 5.32 Å². The number of nitrogens with one attached hydrogen (secondary N) is 2. The van der Waals surface area contributed by atoms with E-state index in [0.29, 0.717) is 11.5 Å². The topological polar surface area (TPSA) is 24.1 Å². The van der Waals surface area contributed by atoms with Crippen molar-refractivity contribution < 1.29 is 0 Å². The molecule has 0 aliphatic heterocycles. The van der Waals surface area contributed by atoms with E-state index in [1.807, 2.05) is 0 Å². The van der Waals surface area contributed by atoms with Crippen LogP contribution in [0.1, 0.15) is 91.9 Å². The molecule has 1 aliphatic carbocycles. The van der Waals surface area contributed by atoms with Crippen LogP contribution in [-0.4, -0.2) is 29.5 Å².